The number of ether oxygens (including phenoxy) is 2. The zero-order valence-corrected chi connectivity index (χ0v) is 12.4. The molecule has 0 bridgehead atoms. The van der Waals surface area contributed by atoms with E-state index in [1.54, 1.807) is 7.11 Å². The van der Waals surface area contributed by atoms with Crippen molar-refractivity contribution in [1.29, 1.82) is 0 Å². The summed E-state index contributed by atoms with van der Waals surface area (Å²) in [6, 6.07) is 4.60. The van der Waals surface area contributed by atoms with E-state index < -0.39 is 0 Å². The number of rotatable bonds is 6. The molecule has 4 heteroatoms. The lowest BCUT2D eigenvalue weighted by atomic mass is 10.1. The molecule has 0 aliphatic heterocycles. The van der Waals surface area contributed by atoms with Gasteiger partial charge in [0.1, 0.15) is 0 Å². The molecule has 2 rings (SSSR count). The molecule has 19 heavy (non-hydrogen) atoms. The summed E-state index contributed by atoms with van der Waals surface area (Å²) in [6.45, 7) is 3.34. The van der Waals surface area contributed by atoms with Gasteiger partial charge in [0, 0.05) is 12.6 Å². The largest absolute Gasteiger partial charge is 0.493 e. The van der Waals surface area contributed by atoms with Crippen molar-refractivity contribution >= 4 is 11.6 Å². The van der Waals surface area contributed by atoms with Crippen molar-refractivity contribution in [1.82, 2.24) is 5.32 Å². The van der Waals surface area contributed by atoms with E-state index in [0.717, 1.165) is 12.1 Å². The first-order chi connectivity index (χ1) is 9.24. The highest BCUT2D eigenvalue weighted by Gasteiger charge is 2.15. The normalized spacial score (nSPS) is 15.7. The molecule has 1 aliphatic carbocycles. The molecule has 1 aliphatic rings. The Kier molecular flexibility index (Phi) is 5.34. The highest BCUT2D eigenvalue weighted by molar-refractivity contribution is 6.32. The van der Waals surface area contributed by atoms with Crippen molar-refractivity contribution < 1.29 is 9.47 Å². The Labute approximate surface area is 120 Å². The quantitative estimate of drug-likeness (QED) is 0.862. The molecule has 1 fully saturated rings. The van der Waals surface area contributed by atoms with Crippen LogP contribution in [0.3, 0.4) is 0 Å². The van der Waals surface area contributed by atoms with Crippen molar-refractivity contribution in [2.24, 2.45) is 0 Å². The van der Waals surface area contributed by atoms with E-state index in [2.05, 4.69) is 5.32 Å². The average Bonchev–Trinajstić information content (AvgIpc) is 2.92. The minimum atomic E-state index is 0.579. The molecule has 106 valence electrons. The zero-order valence-electron chi connectivity index (χ0n) is 11.7. The van der Waals surface area contributed by atoms with Gasteiger partial charge in [0.15, 0.2) is 11.5 Å². The van der Waals surface area contributed by atoms with Crippen LogP contribution in [0.4, 0.5) is 0 Å². The lowest BCUT2D eigenvalue weighted by Gasteiger charge is -2.15. The number of hydrogen-bond donors (Lipinski definition) is 1. The molecule has 0 amide bonds. The Hall–Kier alpha value is -0.930. The number of methoxy groups -OCH3 is 1. The van der Waals surface area contributed by atoms with Crippen LogP contribution in [0.2, 0.25) is 5.02 Å². The summed E-state index contributed by atoms with van der Waals surface area (Å²) in [5.74, 6) is 1.34. The van der Waals surface area contributed by atoms with Crippen LogP contribution in [-0.2, 0) is 6.54 Å². The number of halogens is 1. The minimum absolute atomic E-state index is 0.579. The van der Waals surface area contributed by atoms with E-state index in [9.17, 15) is 0 Å². The van der Waals surface area contributed by atoms with Gasteiger partial charge < -0.3 is 14.8 Å². The maximum absolute atomic E-state index is 6.25. The van der Waals surface area contributed by atoms with E-state index in [4.69, 9.17) is 21.1 Å². The lowest BCUT2D eigenvalue weighted by molar-refractivity contribution is 0.311. The molecule has 1 saturated carbocycles. The molecule has 1 N–H and O–H groups in total. The molecular formula is C15H22ClNO2. The van der Waals surface area contributed by atoms with Crippen molar-refractivity contribution in [3.8, 4) is 11.5 Å². The Morgan fingerprint density at radius 3 is 2.68 bits per heavy atom. The molecule has 0 spiro atoms. The monoisotopic (exact) mass is 283 g/mol. The highest BCUT2D eigenvalue weighted by atomic mass is 35.5. The van der Waals surface area contributed by atoms with Crippen LogP contribution in [0.1, 0.15) is 38.2 Å². The Balaban J connectivity index is 2.06. The standard InChI is InChI=1S/C15H22ClNO2/c1-3-19-15-13(16)8-11(9-14(15)18-2)10-17-12-6-4-5-7-12/h8-9,12,17H,3-7,10H2,1-2H3. The maximum atomic E-state index is 6.25. The van der Waals surface area contributed by atoms with Crippen LogP contribution in [0.25, 0.3) is 0 Å². The molecule has 0 heterocycles. The van der Waals surface area contributed by atoms with Gasteiger partial charge in [-0.3, -0.25) is 0 Å². The van der Waals surface area contributed by atoms with Crippen LogP contribution < -0.4 is 14.8 Å². The van der Waals surface area contributed by atoms with E-state index >= 15 is 0 Å². The van der Waals surface area contributed by atoms with Crippen molar-refractivity contribution in [3.05, 3.63) is 22.7 Å². The first-order valence-electron chi connectivity index (χ1n) is 6.97. The third-order valence-corrected chi connectivity index (χ3v) is 3.81. The summed E-state index contributed by atoms with van der Waals surface area (Å²) in [5.41, 5.74) is 1.14. The van der Waals surface area contributed by atoms with Crippen LogP contribution in [0.5, 0.6) is 11.5 Å². The van der Waals surface area contributed by atoms with Gasteiger partial charge in [0.25, 0.3) is 0 Å². The molecule has 0 radical (unpaired) electrons. The van der Waals surface area contributed by atoms with E-state index in [1.165, 1.54) is 25.7 Å². The molecule has 3 nitrogen and oxygen atoms in total. The van der Waals surface area contributed by atoms with Gasteiger partial charge >= 0.3 is 0 Å². The molecule has 0 unspecified atom stereocenters. The SMILES string of the molecule is CCOc1c(Cl)cc(CNC2CCCC2)cc1OC. The molecule has 1 aromatic rings. The van der Waals surface area contributed by atoms with Crippen LogP contribution >= 0.6 is 11.6 Å². The van der Waals surface area contributed by atoms with Crippen molar-refractivity contribution in [2.45, 2.75) is 45.2 Å². The van der Waals surface area contributed by atoms with Gasteiger partial charge in [0.2, 0.25) is 0 Å². The minimum Gasteiger partial charge on any atom is -0.493 e. The topological polar surface area (TPSA) is 30.5 Å². The molecular weight excluding hydrogens is 262 g/mol. The van der Waals surface area contributed by atoms with Crippen LogP contribution in [0, 0.1) is 0 Å². The van der Waals surface area contributed by atoms with Gasteiger partial charge in [0.05, 0.1) is 18.7 Å². The molecule has 0 saturated heterocycles. The summed E-state index contributed by atoms with van der Waals surface area (Å²) in [5, 5.41) is 4.19. The van der Waals surface area contributed by atoms with Crippen LogP contribution in [-0.4, -0.2) is 19.8 Å². The predicted octanol–water partition coefficient (Wildman–Crippen LogP) is 3.78. The fraction of sp³-hybridized carbons (Fsp3) is 0.600. The second kappa shape index (κ2) is 7.01. The molecule has 0 aromatic heterocycles. The van der Waals surface area contributed by atoms with Crippen LogP contribution in [0.15, 0.2) is 12.1 Å². The van der Waals surface area contributed by atoms with E-state index in [0.29, 0.717) is 29.2 Å². The smallest absolute Gasteiger partial charge is 0.179 e. The molecule has 0 atom stereocenters. The number of benzene rings is 1. The van der Waals surface area contributed by atoms with Gasteiger partial charge in [-0.05, 0) is 37.5 Å². The molecule has 1 aromatic carbocycles. The van der Waals surface area contributed by atoms with Gasteiger partial charge in [-0.1, -0.05) is 24.4 Å². The van der Waals surface area contributed by atoms with Gasteiger partial charge in [-0.2, -0.15) is 0 Å². The van der Waals surface area contributed by atoms with E-state index in [1.807, 2.05) is 19.1 Å². The fourth-order valence-electron chi connectivity index (χ4n) is 2.55. The third kappa shape index (κ3) is 3.77. The Bertz CT molecular complexity index is 417. The lowest BCUT2D eigenvalue weighted by Crippen LogP contribution is -2.25. The van der Waals surface area contributed by atoms with E-state index in [-0.39, 0.29) is 0 Å². The second-order valence-corrected chi connectivity index (χ2v) is 5.31. The second-order valence-electron chi connectivity index (χ2n) is 4.90. The fourth-order valence-corrected chi connectivity index (χ4v) is 2.84. The summed E-state index contributed by atoms with van der Waals surface area (Å²) >= 11 is 6.25. The summed E-state index contributed by atoms with van der Waals surface area (Å²) in [4.78, 5) is 0. The zero-order chi connectivity index (χ0) is 13.7. The number of nitrogens with one attached hydrogen (secondary N) is 1. The first kappa shape index (κ1) is 14.5. The van der Waals surface area contributed by atoms with Gasteiger partial charge in [-0.25, -0.2) is 0 Å². The third-order valence-electron chi connectivity index (χ3n) is 3.53. The number of hydrogen-bond acceptors (Lipinski definition) is 3. The summed E-state index contributed by atoms with van der Waals surface area (Å²) in [6.07, 6.45) is 5.24. The van der Waals surface area contributed by atoms with Gasteiger partial charge in [-0.15, -0.1) is 0 Å². The summed E-state index contributed by atoms with van der Waals surface area (Å²) in [7, 11) is 1.64. The summed E-state index contributed by atoms with van der Waals surface area (Å²) < 4.78 is 10.9. The van der Waals surface area contributed by atoms with Crippen molar-refractivity contribution in [2.75, 3.05) is 13.7 Å². The predicted molar refractivity (Wildman–Crippen MR) is 78.3 cm³/mol. The average molecular weight is 284 g/mol. The van der Waals surface area contributed by atoms with Crippen molar-refractivity contribution in [3.63, 3.8) is 0 Å². The highest BCUT2D eigenvalue weighted by Crippen LogP contribution is 2.36. The first-order valence-corrected chi connectivity index (χ1v) is 7.35. The maximum Gasteiger partial charge on any atom is 0.179 e. The Morgan fingerprint density at radius 1 is 1.32 bits per heavy atom. The Morgan fingerprint density at radius 2 is 2.05 bits per heavy atom.